The van der Waals surface area contributed by atoms with Gasteiger partial charge in [-0.15, -0.1) is 0 Å². The molecule has 3 aromatic rings. The Balaban J connectivity index is 1.98. The molecule has 0 atom stereocenters. The maximum Gasteiger partial charge on any atom is 0.330 e. The molecule has 3 heterocycles. The van der Waals surface area contributed by atoms with E-state index in [4.69, 9.17) is 14.2 Å². The van der Waals surface area contributed by atoms with Crippen molar-refractivity contribution < 1.29 is 9.26 Å². The fourth-order valence-electron chi connectivity index (χ4n) is 3.60. The van der Waals surface area contributed by atoms with Crippen LogP contribution in [0.4, 0.5) is 0 Å². The summed E-state index contributed by atoms with van der Waals surface area (Å²) in [6.45, 7) is 3.30. The molecule has 0 saturated heterocycles. The maximum atomic E-state index is 12.6. The van der Waals surface area contributed by atoms with Gasteiger partial charge < -0.3 is 13.8 Å². The minimum Gasteiger partial charge on any atom is -0.383 e. The van der Waals surface area contributed by atoms with Gasteiger partial charge >= 0.3 is 5.69 Å². The van der Waals surface area contributed by atoms with Crippen LogP contribution in [0.25, 0.3) is 22.6 Å². The molecule has 0 radical (unpaired) electrons. The minimum atomic E-state index is -0.446. The van der Waals surface area contributed by atoms with E-state index in [1.165, 1.54) is 11.0 Å². The van der Waals surface area contributed by atoms with Crippen LogP contribution in [0.2, 0.25) is 0 Å². The number of ether oxygens (including phenoxy) is 1. The zero-order valence-electron chi connectivity index (χ0n) is 15.5. The molecule has 1 fully saturated rings. The molecule has 1 aliphatic rings. The number of hydrogen-bond acceptors (Lipinski definition) is 6. The molecule has 1 saturated carbocycles. The maximum absolute atomic E-state index is 12.6. The van der Waals surface area contributed by atoms with Crippen LogP contribution in [0, 0.1) is 0 Å². The van der Waals surface area contributed by atoms with Crippen LogP contribution in [0.5, 0.6) is 0 Å². The van der Waals surface area contributed by atoms with Crippen LogP contribution in [0.15, 0.2) is 20.4 Å². The normalized spacial score (nSPS) is 14.7. The summed E-state index contributed by atoms with van der Waals surface area (Å²) < 4.78 is 13.8. The second-order valence-corrected chi connectivity index (χ2v) is 6.90. The lowest BCUT2D eigenvalue weighted by atomic mass is 9.81. The van der Waals surface area contributed by atoms with Gasteiger partial charge in [-0.3, -0.25) is 14.3 Å². The molecule has 1 aliphatic carbocycles. The van der Waals surface area contributed by atoms with E-state index < -0.39 is 11.2 Å². The summed E-state index contributed by atoms with van der Waals surface area (Å²) >= 11 is 0. The van der Waals surface area contributed by atoms with Crippen molar-refractivity contribution >= 4 is 11.2 Å². The minimum absolute atomic E-state index is 0.352. The zero-order valence-corrected chi connectivity index (χ0v) is 15.5. The molecule has 0 amide bonds. The third kappa shape index (κ3) is 2.91. The second kappa shape index (κ2) is 7.15. The number of rotatable bonds is 7. The largest absolute Gasteiger partial charge is 0.383 e. The average molecular weight is 373 g/mol. The second-order valence-electron chi connectivity index (χ2n) is 6.90. The first-order valence-electron chi connectivity index (χ1n) is 9.32. The van der Waals surface area contributed by atoms with Crippen LogP contribution in [-0.4, -0.2) is 38.0 Å². The summed E-state index contributed by atoms with van der Waals surface area (Å²) in [5, 5.41) is 4.19. The molecule has 1 N–H and O–H groups in total. The van der Waals surface area contributed by atoms with Gasteiger partial charge in [0, 0.05) is 26.1 Å². The third-order valence-electron chi connectivity index (χ3n) is 5.18. The van der Waals surface area contributed by atoms with Gasteiger partial charge in [0.15, 0.2) is 11.2 Å². The van der Waals surface area contributed by atoms with E-state index in [2.05, 4.69) is 10.1 Å². The lowest BCUT2D eigenvalue weighted by Gasteiger charge is -2.23. The molecule has 0 spiro atoms. The zero-order chi connectivity index (χ0) is 19.0. The van der Waals surface area contributed by atoms with Gasteiger partial charge in [-0.05, 0) is 19.3 Å². The Labute approximate surface area is 155 Å². The first kappa shape index (κ1) is 17.7. The number of aryl methyl sites for hydroxylation is 1. The van der Waals surface area contributed by atoms with Gasteiger partial charge in [-0.2, -0.15) is 0 Å². The number of fused-ring (bicyclic) bond motifs is 1. The van der Waals surface area contributed by atoms with E-state index in [-0.39, 0.29) is 0 Å². The number of aromatic amines is 1. The van der Waals surface area contributed by atoms with Gasteiger partial charge in [-0.1, -0.05) is 18.5 Å². The van der Waals surface area contributed by atoms with Gasteiger partial charge in [-0.25, -0.2) is 9.78 Å². The Bertz CT molecular complexity index is 1070. The first-order valence-corrected chi connectivity index (χ1v) is 9.32. The molecule has 4 rings (SSSR count). The summed E-state index contributed by atoms with van der Waals surface area (Å²) in [7, 11) is 1.61. The number of H-pyrrole nitrogens is 1. The van der Waals surface area contributed by atoms with Crippen molar-refractivity contribution in [3.05, 3.63) is 32.8 Å². The fraction of sp³-hybridized carbons (Fsp3) is 0.556. The number of methoxy groups -OCH3 is 1. The standard InChI is InChI=1S/C18H23N5O4/c1-3-7-23-16-14(17(24)20-18(23)25)22(8-9-26-2)15(19-16)12-10-27-21-13(12)11-5-4-6-11/h10-11H,3-9H2,1-2H3,(H,20,24,25). The van der Waals surface area contributed by atoms with Gasteiger partial charge in [0.25, 0.3) is 5.56 Å². The predicted molar refractivity (Wildman–Crippen MR) is 98.9 cm³/mol. The monoisotopic (exact) mass is 373 g/mol. The molecule has 9 heteroatoms. The Kier molecular flexibility index (Phi) is 4.69. The molecular weight excluding hydrogens is 350 g/mol. The van der Waals surface area contributed by atoms with Crippen LogP contribution >= 0.6 is 0 Å². The molecule has 0 bridgehead atoms. The average Bonchev–Trinajstić information content (AvgIpc) is 3.20. The quantitative estimate of drug-likeness (QED) is 0.677. The molecule has 3 aromatic heterocycles. The molecule has 27 heavy (non-hydrogen) atoms. The first-order chi connectivity index (χ1) is 13.2. The topological polar surface area (TPSA) is 108 Å². The van der Waals surface area contributed by atoms with Crippen molar-refractivity contribution in [1.29, 1.82) is 0 Å². The van der Waals surface area contributed by atoms with Crippen molar-refractivity contribution in [2.24, 2.45) is 0 Å². The van der Waals surface area contributed by atoms with E-state index >= 15 is 0 Å². The molecule has 0 unspecified atom stereocenters. The lowest BCUT2D eigenvalue weighted by molar-refractivity contribution is 0.188. The van der Waals surface area contributed by atoms with E-state index in [1.54, 1.807) is 17.9 Å². The highest BCUT2D eigenvalue weighted by Gasteiger charge is 2.29. The molecule has 9 nitrogen and oxygen atoms in total. The molecule has 0 aliphatic heterocycles. The van der Waals surface area contributed by atoms with Crippen molar-refractivity contribution in [3.8, 4) is 11.4 Å². The van der Waals surface area contributed by atoms with Crippen LogP contribution in [0.3, 0.4) is 0 Å². The molecule has 0 aromatic carbocycles. The lowest BCUT2D eigenvalue weighted by Crippen LogP contribution is -2.31. The van der Waals surface area contributed by atoms with Crippen molar-refractivity contribution in [1.82, 2.24) is 24.3 Å². The predicted octanol–water partition coefficient (Wildman–Crippen LogP) is 1.87. The van der Waals surface area contributed by atoms with Gasteiger partial charge in [0.1, 0.15) is 12.1 Å². The van der Waals surface area contributed by atoms with Gasteiger partial charge in [0.2, 0.25) is 0 Å². The Hall–Kier alpha value is -2.68. The highest BCUT2D eigenvalue weighted by molar-refractivity contribution is 5.77. The number of nitrogens with zero attached hydrogens (tertiary/aromatic N) is 4. The Morgan fingerprint density at radius 1 is 1.30 bits per heavy atom. The number of aromatic nitrogens is 5. The molecule has 144 valence electrons. The van der Waals surface area contributed by atoms with Crippen LogP contribution < -0.4 is 11.2 Å². The Morgan fingerprint density at radius 2 is 2.11 bits per heavy atom. The number of imidazole rings is 1. The van der Waals surface area contributed by atoms with Crippen molar-refractivity contribution in [2.45, 2.75) is 51.6 Å². The van der Waals surface area contributed by atoms with E-state index in [9.17, 15) is 9.59 Å². The van der Waals surface area contributed by atoms with Gasteiger partial charge in [0.05, 0.1) is 17.9 Å². The summed E-state index contributed by atoms with van der Waals surface area (Å²) in [6, 6.07) is 0. The number of nitrogens with one attached hydrogen (secondary N) is 1. The van der Waals surface area contributed by atoms with E-state index in [0.717, 1.165) is 30.5 Å². The summed E-state index contributed by atoms with van der Waals surface area (Å²) in [5.41, 5.74) is 1.52. The number of hydrogen-bond donors (Lipinski definition) is 1. The Morgan fingerprint density at radius 3 is 2.78 bits per heavy atom. The smallest absolute Gasteiger partial charge is 0.330 e. The van der Waals surface area contributed by atoms with Crippen molar-refractivity contribution in [3.63, 3.8) is 0 Å². The van der Waals surface area contributed by atoms with Crippen molar-refractivity contribution in [2.75, 3.05) is 13.7 Å². The summed E-state index contributed by atoms with van der Waals surface area (Å²) in [4.78, 5) is 32.0. The molecular formula is C18H23N5O4. The van der Waals surface area contributed by atoms with Crippen LogP contribution in [-0.2, 0) is 17.8 Å². The van der Waals surface area contributed by atoms with E-state index in [1.807, 2.05) is 6.92 Å². The van der Waals surface area contributed by atoms with E-state index in [0.29, 0.717) is 42.6 Å². The SMILES string of the molecule is CCCn1c(=O)[nH]c(=O)c2c1nc(-c1conc1C1CCC1)n2CCOC. The third-order valence-corrected chi connectivity index (χ3v) is 5.18. The fourth-order valence-corrected chi connectivity index (χ4v) is 3.60. The highest BCUT2D eigenvalue weighted by atomic mass is 16.5. The summed E-state index contributed by atoms with van der Waals surface area (Å²) in [5.74, 6) is 0.941. The summed E-state index contributed by atoms with van der Waals surface area (Å²) in [6.07, 6.45) is 5.64. The highest BCUT2D eigenvalue weighted by Crippen LogP contribution is 2.40. The van der Waals surface area contributed by atoms with Crippen LogP contribution in [0.1, 0.15) is 44.2 Å².